The zero-order valence-electron chi connectivity index (χ0n) is 22.4. The molecule has 3 aliphatic carbocycles. The van der Waals surface area contributed by atoms with Crippen molar-refractivity contribution < 1.29 is 29.2 Å². The number of Topliss-reactive ketones (excluding diaryl/α,β-unsaturated/α-hetero) is 1. The van der Waals surface area contributed by atoms with Crippen molar-refractivity contribution in [3.8, 4) is 5.75 Å². The number of nitro groups is 1. The van der Waals surface area contributed by atoms with E-state index in [0.717, 1.165) is 15.9 Å². The zero-order valence-corrected chi connectivity index (χ0v) is 22.4. The number of phenolic OH excluding ortho intramolecular Hbond substituents is 1. The number of hydrogen-bond donors (Lipinski definition) is 1. The molecular weight excluding hydrogens is 536 g/mol. The number of imide groups is 1. The summed E-state index contributed by atoms with van der Waals surface area (Å²) in [6, 6.07) is 16.2. The number of fused-ring (bicyclic) bond motifs is 4. The molecule has 0 radical (unpaired) electrons. The minimum absolute atomic E-state index is 0.00223. The molecule has 0 aromatic heterocycles. The van der Waals surface area contributed by atoms with Crippen molar-refractivity contribution in [2.24, 2.45) is 17.8 Å². The van der Waals surface area contributed by atoms with Crippen LogP contribution in [-0.4, -0.2) is 33.4 Å². The van der Waals surface area contributed by atoms with Crippen LogP contribution in [0.3, 0.4) is 0 Å². The average molecular weight is 561 g/mol. The van der Waals surface area contributed by atoms with Gasteiger partial charge in [-0.25, -0.2) is 0 Å². The third-order valence-electron chi connectivity index (χ3n) is 9.13. The van der Waals surface area contributed by atoms with E-state index in [1.54, 1.807) is 19.1 Å². The van der Waals surface area contributed by atoms with E-state index in [4.69, 9.17) is 0 Å². The highest BCUT2D eigenvalue weighted by Crippen LogP contribution is 2.56. The van der Waals surface area contributed by atoms with Gasteiger partial charge in [0.25, 0.3) is 5.69 Å². The number of allylic oxidation sites excluding steroid dienone is 6. The highest BCUT2D eigenvalue weighted by molar-refractivity contribution is 6.25. The maximum Gasteiger partial charge on any atom is 0.269 e. The van der Waals surface area contributed by atoms with E-state index in [0.29, 0.717) is 27.7 Å². The molecule has 3 aromatic carbocycles. The van der Waals surface area contributed by atoms with Gasteiger partial charge in [0.15, 0.2) is 11.6 Å². The van der Waals surface area contributed by atoms with E-state index in [1.165, 1.54) is 30.3 Å². The van der Waals surface area contributed by atoms with Crippen molar-refractivity contribution in [3.05, 3.63) is 111 Å². The lowest BCUT2D eigenvalue weighted by Crippen LogP contribution is -2.39. The summed E-state index contributed by atoms with van der Waals surface area (Å²) in [4.78, 5) is 66.2. The van der Waals surface area contributed by atoms with Gasteiger partial charge in [-0.2, -0.15) is 0 Å². The van der Waals surface area contributed by atoms with E-state index in [9.17, 15) is 34.4 Å². The highest BCUT2D eigenvalue weighted by Gasteiger charge is 2.56. The number of phenols is 1. The Morgan fingerprint density at radius 1 is 0.929 bits per heavy atom. The first-order chi connectivity index (χ1) is 20.2. The molecule has 3 aromatic rings. The molecule has 1 aliphatic heterocycles. The molecule has 1 heterocycles. The first-order valence-corrected chi connectivity index (χ1v) is 13.7. The van der Waals surface area contributed by atoms with Crippen LogP contribution in [0.25, 0.3) is 10.8 Å². The van der Waals surface area contributed by atoms with Gasteiger partial charge in [0.2, 0.25) is 11.8 Å². The van der Waals surface area contributed by atoms with Crippen LogP contribution in [-0.2, 0) is 19.2 Å². The van der Waals surface area contributed by atoms with Gasteiger partial charge in [0, 0.05) is 45.7 Å². The number of hydrogen-bond acceptors (Lipinski definition) is 7. The van der Waals surface area contributed by atoms with Crippen molar-refractivity contribution in [2.45, 2.75) is 25.7 Å². The van der Waals surface area contributed by atoms with Gasteiger partial charge in [-0.1, -0.05) is 48.0 Å². The second-order valence-corrected chi connectivity index (χ2v) is 11.2. The third kappa shape index (κ3) is 3.56. The minimum atomic E-state index is -0.790. The number of rotatable bonds is 3. The fourth-order valence-corrected chi connectivity index (χ4v) is 7.20. The number of anilines is 1. The average Bonchev–Trinajstić information content (AvgIpc) is 3.25. The quantitative estimate of drug-likeness (QED) is 0.155. The molecule has 4 aliphatic rings. The standard InChI is InChI=1S/C33H24N2O7/c1-16-14-26(36)25-15-24-21(27(29(25)30(16)37)22-11-6-17-4-2-3-5-20(17)31(22)38)12-13-23-28(24)33(40)34(32(23)39)18-7-9-19(10-8-18)35(41)42/h2-12,14,23-24,27-28,38H,13,15H2,1H3. The summed E-state index contributed by atoms with van der Waals surface area (Å²) in [5.41, 5.74) is 2.23. The maximum absolute atomic E-state index is 14.0. The number of aromatic hydroxyl groups is 1. The Morgan fingerprint density at radius 2 is 1.67 bits per heavy atom. The molecule has 1 fully saturated rings. The SMILES string of the molecule is CC1=CC(=O)C2=C(C1=O)C(c1ccc3ccccc3c1O)C1=CCC3C(=O)N(c4ccc([N+](=O)[O-])cc4)C(=O)C3C1C2. The van der Waals surface area contributed by atoms with E-state index >= 15 is 0 Å². The summed E-state index contributed by atoms with van der Waals surface area (Å²) in [5.74, 6) is -4.21. The molecule has 208 valence electrons. The van der Waals surface area contributed by atoms with Crippen LogP contribution in [0.15, 0.2) is 95.1 Å². The van der Waals surface area contributed by atoms with Gasteiger partial charge in [0.1, 0.15) is 5.75 Å². The minimum Gasteiger partial charge on any atom is -0.507 e. The van der Waals surface area contributed by atoms with E-state index in [2.05, 4.69) is 0 Å². The summed E-state index contributed by atoms with van der Waals surface area (Å²) in [6.07, 6.45) is 3.58. The van der Waals surface area contributed by atoms with Crippen LogP contribution in [0.4, 0.5) is 11.4 Å². The van der Waals surface area contributed by atoms with Crippen molar-refractivity contribution in [1.29, 1.82) is 0 Å². The molecule has 0 spiro atoms. The molecule has 4 unspecified atom stereocenters. The number of non-ortho nitro benzene ring substituents is 1. The highest BCUT2D eigenvalue weighted by atomic mass is 16.6. The molecule has 9 nitrogen and oxygen atoms in total. The number of nitrogens with zero attached hydrogens (tertiary/aromatic N) is 2. The molecule has 42 heavy (non-hydrogen) atoms. The number of carbonyl (C=O) groups excluding carboxylic acids is 4. The van der Waals surface area contributed by atoms with E-state index in [-0.39, 0.29) is 41.5 Å². The zero-order chi connectivity index (χ0) is 29.4. The van der Waals surface area contributed by atoms with Crippen LogP contribution in [0.5, 0.6) is 5.75 Å². The molecular formula is C33H24N2O7. The fourth-order valence-electron chi connectivity index (χ4n) is 7.20. The smallest absolute Gasteiger partial charge is 0.269 e. The van der Waals surface area contributed by atoms with Gasteiger partial charge >= 0.3 is 0 Å². The van der Waals surface area contributed by atoms with Crippen molar-refractivity contribution >= 4 is 45.5 Å². The number of benzene rings is 3. The topological polar surface area (TPSA) is 135 Å². The van der Waals surface area contributed by atoms with E-state index < -0.39 is 40.4 Å². The van der Waals surface area contributed by atoms with Crippen LogP contribution in [0, 0.1) is 27.9 Å². The number of carbonyl (C=O) groups is 4. The Hall–Kier alpha value is -5.18. The molecule has 9 heteroatoms. The van der Waals surface area contributed by atoms with Crippen LogP contribution >= 0.6 is 0 Å². The van der Waals surface area contributed by atoms with Crippen LogP contribution < -0.4 is 4.90 Å². The number of amides is 2. The summed E-state index contributed by atoms with van der Waals surface area (Å²) < 4.78 is 0. The molecule has 0 saturated carbocycles. The van der Waals surface area contributed by atoms with Crippen LogP contribution in [0.2, 0.25) is 0 Å². The second-order valence-electron chi connectivity index (χ2n) is 11.2. The fraction of sp³-hybridized carbons (Fsp3) is 0.212. The summed E-state index contributed by atoms with van der Waals surface area (Å²) in [7, 11) is 0. The predicted octanol–water partition coefficient (Wildman–Crippen LogP) is 5.09. The lowest BCUT2D eigenvalue weighted by molar-refractivity contribution is -0.384. The Morgan fingerprint density at radius 3 is 2.40 bits per heavy atom. The molecule has 1 saturated heterocycles. The lowest BCUT2D eigenvalue weighted by Gasteiger charge is -2.42. The Labute approximate surface area is 239 Å². The summed E-state index contributed by atoms with van der Waals surface area (Å²) in [5, 5.41) is 24.0. The molecule has 2 amide bonds. The molecule has 0 bridgehead atoms. The Bertz CT molecular complexity index is 1880. The Balaban J connectivity index is 1.37. The number of ketones is 2. The van der Waals surface area contributed by atoms with Crippen molar-refractivity contribution in [1.82, 2.24) is 0 Å². The maximum atomic E-state index is 14.0. The third-order valence-corrected chi connectivity index (χ3v) is 9.13. The van der Waals surface area contributed by atoms with Crippen molar-refractivity contribution in [3.63, 3.8) is 0 Å². The molecule has 4 atom stereocenters. The first-order valence-electron chi connectivity index (χ1n) is 13.7. The van der Waals surface area contributed by atoms with Crippen molar-refractivity contribution in [2.75, 3.05) is 4.90 Å². The monoisotopic (exact) mass is 560 g/mol. The van der Waals surface area contributed by atoms with Gasteiger partial charge in [0.05, 0.1) is 22.4 Å². The van der Waals surface area contributed by atoms with Gasteiger partial charge < -0.3 is 5.11 Å². The van der Waals surface area contributed by atoms with E-state index in [1.807, 2.05) is 30.3 Å². The van der Waals surface area contributed by atoms with Crippen LogP contribution in [0.1, 0.15) is 31.2 Å². The van der Waals surface area contributed by atoms with Gasteiger partial charge in [-0.15, -0.1) is 0 Å². The largest absolute Gasteiger partial charge is 0.507 e. The Kier molecular flexibility index (Phi) is 5.63. The molecule has 1 N–H and O–H groups in total. The predicted molar refractivity (Wildman–Crippen MR) is 153 cm³/mol. The lowest BCUT2D eigenvalue weighted by atomic mass is 9.59. The van der Waals surface area contributed by atoms with Gasteiger partial charge in [-0.05, 0) is 49.3 Å². The first kappa shape index (κ1) is 25.8. The summed E-state index contributed by atoms with van der Waals surface area (Å²) >= 11 is 0. The normalized spacial score (nSPS) is 25.2. The molecule has 7 rings (SSSR count). The number of nitro benzene ring substituents is 1. The summed E-state index contributed by atoms with van der Waals surface area (Å²) in [6.45, 7) is 1.60. The second kappa shape index (κ2) is 9.17. The van der Waals surface area contributed by atoms with Gasteiger partial charge in [-0.3, -0.25) is 34.2 Å².